The van der Waals surface area contributed by atoms with Crippen LogP contribution in [0, 0.1) is 0 Å². The van der Waals surface area contributed by atoms with E-state index >= 15 is 0 Å². The molecule has 0 aromatic rings. The second kappa shape index (κ2) is 5.03. The zero-order valence-corrected chi connectivity index (χ0v) is 9.57. The maximum Gasteiger partial charge on any atom is 0.192 e. The van der Waals surface area contributed by atoms with E-state index in [2.05, 4.69) is 13.8 Å². The zero-order chi connectivity index (χ0) is 8.86. The second-order valence-electron chi connectivity index (χ2n) is 3.95. The van der Waals surface area contributed by atoms with E-state index in [1.807, 2.05) is 0 Å². The molecule has 0 aliphatic carbocycles. The molecule has 72 valence electrons. The predicted molar refractivity (Wildman–Crippen MR) is 55.9 cm³/mol. The van der Waals surface area contributed by atoms with Gasteiger partial charge in [0.05, 0.1) is 0 Å². The Morgan fingerprint density at radius 1 is 1.08 bits per heavy atom. The van der Waals surface area contributed by atoms with Gasteiger partial charge in [0.15, 0.2) is 8.32 Å². The molecule has 0 aromatic heterocycles. The average Bonchev–Trinajstić information content (AvgIpc) is 2.16. The quantitative estimate of drug-likeness (QED) is 0.610. The van der Waals surface area contributed by atoms with Gasteiger partial charge in [-0.1, -0.05) is 33.1 Å². The van der Waals surface area contributed by atoms with Crippen LogP contribution in [-0.2, 0) is 4.43 Å². The number of hydrogen-bond acceptors (Lipinski definition) is 1. The second-order valence-corrected chi connectivity index (χ2v) is 8.31. The molecule has 0 saturated carbocycles. The summed E-state index contributed by atoms with van der Waals surface area (Å²) in [4.78, 5) is 0. The van der Waals surface area contributed by atoms with Crippen molar-refractivity contribution in [1.82, 2.24) is 0 Å². The molecule has 1 rings (SSSR count). The van der Waals surface area contributed by atoms with Gasteiger partial charge in [0.1, 0.15) is 0 Å². The lowest BCUT2D eigenvalue weighted by molar-refractivity contribution is 0.290. The first kappa shape index (κ1) is 10.3. The van der Waals surface area contributed by atoms with Crippen molar-refractivity contribution in [1.29, 1.82) is 0 Å². The first-order valence-electron chi connectivity index (χ1n) is 5.47. The largest absolute Gasteiger partial charge is 0.417 e. The van der Waals surface area contributed by atoms with Crippen LogP contribution in [-0.4, -0.2) is 14.9 Å². The molecule has 1 fully saturated rings. The standard InChI is InChI=1S/C10H22OSi/c1-3-8-11-12(4-2)9-6-5-7-10-12/h3-10H2,1-2H3. The van der Waals surface area contributed by atoms with Crippen molar-refractivity contribution in [3.63, 3.8) is 0 Å². The molecule has 0 N–H and O–H groups in total. The molecule has 0 unspecified atom stereocenters. The first-order valence-corrected chi connectivity index (χ1v) is 8.00. The van der Waals surface area contributed by atoms with Crippen LogP contribution in [0.5, 0.6) is 0 Å². The highest BCUT2D eigenvalue weighted by molar-refractivity contribution is 6.73. The van der Waals surface area contributed by atoms with Crippen molar-refractivity contribution in [3.05, 3.63) is 0 Å². The van der Waals surface area contributed by atoms with Gasteiger partial charge in [-0.3, -0.25) is 0 Å². The highest BCUT2D eigenvalue weighted by atomic mass is 28.4. The lowest BCUT2D eigenvalue weighted by atomic mass is 10.3. The Morgan fingerprint density at radius 2 is 1.75 bits per heavy atom. The molecule has 2 heteroatoms. The maximum atomic E-state index is 6.11. The topological polar surface area (TPSA) is 9.23 Å². The van der Waals surface area contributed by atoms with E-state index in [9.17, 15) is 0 Å². The van der Waals surface area contributed by atoms with E-state index in [-0.39, 0.29) is 0 Å². The summed E-state index contributed by atoms with van der Waals surface area (Å²) in [6.07, 6.45) is 5.51. The van der Waals surface area contributed by atoms with Crippen LogP contribution in [0.1, 0.15) is 39.5 Å². The SMILES string of the molecule is CCCO[Si]1(CC)CCCCC1. The highest BCUT2D eigenvalue weighted by Crippen LogP contribution is 2.32. The molecule has 1 aliphatic heterocycles. The fourth-order valence-corrected chi connectivity index (χ4v) is 5.99. The first-order chi connectivity index (χ1) is 5.83. The van der Waals surface area contributed by atoms with Crippen molar-refractivity contribution in [2.45, 2.75) is 57.7 Å². The van der Waals surface area contributed by atoms with Crippen LogP contribution in [0.4, 0.5) is 0 Å². The molecule has 0 aromatic carbocycles. The molecule has 1 nitrogen and oxygen atoms in total. The van der Waals surface area contributed by atoms with Crippen molar-refractivity contribution in [2.75, 3.05) is 6.61 Å². The van der Waals surface area contributed by atoms with Crippen LogP contribution >= 0.6 is 0 Å². The van der Waals surface area contributed by atoms with E-state index in [1.165, 1.54) is 43.8 Å². The van der Waals surface area contributed by atoms with Gasteiger partial charge in [0.25, 0.3) is 0 Å². The Bertz CT molecular complexity index is 119. The van der Waals surface area contributed by atoms with Crippen molar-refractivity contribution in [2.24, 2.45) is 0 Å². The Hall–Kier alpha value is 0.177. The molecule has 0 atom stereocenters. The van der Waals surface area contributed by atoms with Crippen LogP contribution in [0.25, 0.3) is 0 Å². The minimum atomic E-state index is -1.18. The molecule has 0 bridgehead atoms. The third kappa shape index (κ3) is 2.59. The van der Waals surface area contributed by atoms with Crippen LogP contribution in [0.3, 0.4) is 0 Å². The summed E-state index contributed by atoms with van der Waals surface area (Å²) in [7, 11) is -1.18. The van der Waals surface area contributed by atoms with Crippen molar-refractivity contribution < 1.29 is 4.43 Å². The van der Waals surface area contributed by atoms with Crippen molar-refractivity contribution in [3.8, 4) is 0 Å². The molecule has 1 aliphatic rings. The van der Waals surface area contributed by atoms with Gasteiger partial charge >= 0.3 is 0 Å². The number of hydrogen-bond donors (Lipinski definition) is 0. The minimum absolute atomic E-state index is 1.01. The van der Waals surface area contributed by atoms with Gasteiger partial charge in [0, 0.05) is 6.61 Å². The molecule has 12 heavy (non-hydrogen) atoms. The van der Waals surface area contributed by atoms with Crippen LogP contribution in [0.2, 0.25) is 18.1 Å². The Labute approximate surface area is 77.6 Å². The van der Waals surface area contributed by atoms with Gasteiger partial charge in [-0.05, 0) is 24.6 Å². The molecular formula is C10H22OSi. The van der Waals surface area contributed by atoms with E-state index < -0.39 is 8.32 Å². The monoisotopic (exact) mass is 186 g/mol. The van der Waals surface area contributed by atoms with E-state index in [1.54, 1.807) is 0 Å². The highest BCUT2D eigenvalue weighted by Gasteiger charge is 2.33. The molecule has 0 radical (unpaired) electrons. The van der Waals surface area contributed by atoms with Crippen LogP contribution in [0.15, 0.2) is 0 Å². The summed E-state index contributed by atoms with van der Waals surface area (Å²) in [5, 5.41) is 0. The summed E-state index contributed by atoms with van der Waals surface area (Å²) >= 11 is 0. The third-order valence-corrected chi connectivity index (χ3v) is 7.66. The summed E-state index contributed by atoms with van der Waals surface area (Å²) < 4.78 is 6.11. The number of rotatable bonds is 4. The van der Waals surface area contributed by atoms with E-state index in [4.69, 9.17) is 4.43 Å². The summed E-state index contributed by atoms with van der Waals surface area (Å²) in [5.74, 6) is 0. The van der Waals surface area contributed by atoms with Gasteiger partial charge in [-0.2, -0.15) is 0 Å². The van der Waals surface area contributed by atoms with Gasteiger partial charge < -0.3 is 4.43 Å². The van der Waals surface area contributed by atoms with Crippen LogP contribution < -0.4 is 0 Å². The Balaban J connectivity index is 2.37. The van der Waals surface area contributed by atoms with Gasteiger partial charge in [-0.15, -0.1) is 0 Å². The molecule has 1 saturated heterocycles. The van der Waals surface area contributed by atoms with Gasteiger partial charge in [0.2, 0.25) is 0 Å². The third-order valence-electron chi connectivity index (χ3n) is 3.02. The minimum Gasteiger partial charge on any atom is -0.417 e. The van der Waals surface area contributed by atoms with E-state index in [0.717, 1.165) is 6.61 Å². The smallest absolute Gasteiger partial charge is 0.192 e. The maximum absolute atomic E-state index is 6.11. The zero-order valence-electron chi connectivity index (χ0n) is 8.57. The predicted octanol–water partition coefficient (Wildman–Crippen LogP) is 3.56. The summed E-state index contributed by atoms with van der Waals surface area (Å²) in [5.41, 5.74) is 0. The van der Waals surface area contributed by atoms with Crippen molar-refractivity contribution >= 4 is 8.32 Å². The molecule has 0 amide bonds. The normalized spacial score (nSPS) is 22.5. The molecule has 1 heterocycles. The molecular weight excluding hydrogens is 164 g/mol. The fraction of sp³-hybridized carbons (Fsp3) is 1.00. The summed E-state index contributed by atoms with van der Waals surface area (Å²) in [6.45, 7) is 5.55. The fourth-order valence-electron chi connectivity index (χ4n) is 2.11. The average molecular weight is 186 g/mol. The lowest BCUT2D eigenvalue weighted by Gasteiger charge is -2.33. The lowest BCUT2D eigenvalue weighted by Crippen LogP contribution is -2.39. The molecule has 0 spiro atoms. The van der Waals surface area contributed by atoms with E-state index in [0.29, 0.717) is 0 Å². The van der Waals surface area contributed by atoms with Gasteiger partial charge in [-0.25, -0.2) is 0 Å². The Morgan fingerprint density at radius 3 is 2.25 bits per heavy atom. The summed E-state index contributed by atoms with van der Waals surface area (Å²) in [6, 6.07) is 4.21. The Kier molecular flexibility index (Phi) is 4.30.